The van der Waals surface area contributed by atoms with E-state index in [0.29, 0.717) is 0 Å². The second-order valence-electron chi connectivity index (χ2n) is 6.86. The molecule has 118 valence electrons. The van der Waals surface area contributed by atoms with Gasteiger partial charge < -0.3 is 4.90 Å². The number of benzene rings is 1. The van der Waals surface area contributed by atoms with Crippen LogP contribution in [-0.4, -0.2) is 24.5 Å². The maximum absolute atomic E-state index is 6.02. The van der Waals surface area contributed by atoms with Gasteiger partial charge in [0.15, 0.2) is 0 Å². The molecule has 0 radical (unpaired) electrons. The van der Waals surface area contributed by atoms with E-state index in [1.807, 2.05) is 0 Å². The lowest BCUT2D eigenvalue weighted by molar-refractivity contribution is 0.0800. The van der Waals surface area contributed by atoms with Gasteiger partial charge in [-0.15, -0.1) is 0 Å². The quantitative estimate of drug-likeness (QED) is 0.507. The molecule has 0 bridgehead atoms. The van der Waals surface area contributed by atoms with E-state index in [1.54, 1.807) is 0 Å². The third kappa shape index (κ3) is 3.31. The average molecular weight is 289 g/mol. The van der Waals surface area contributed by atoms with E-state index in [2.05, 4.69) is 56.5 Å². The normalized spacial score (nSPS) is 20.3. The summed E-state index contributed by atoms with van der Waals surface area (Å²) in [5.41, 5.74) is 7.26. The number of likely N-dealkylation sites (N-methyl/N-ethyl adjacent to an activating group) is 1. The van der Waals surface area contributed by atoms with Crippen LogP contribution in [0.1, 0.15) is 61.3 Å². The number of aryl methyl sites for hydroxylation is 2. The van der Waals surface area contributed by atoms with Crippen LogP contribution in [0.25, 0.3) is 0 Å². The summed E-state index contributed by atoms with van der Waals surface area (Å²) in [7, 11) is 4.41. The predicted octanol–water partition coefficient (Wildman–Crippen LogP) is 3.46. The number of nitrogens with one attached hydrogen (secondary N) is 1. The van der Waals surface area contributed by atoms with Crippen LogP contribution in [-0.2, 0) is 0 Å². The summed E-state index contributed by atoms with van der Waals surface area (Å²) in [6, 6.07) is 6.94. The van der Waals surface area contributed by atoms with Crippen LogP contribution in [0, 0.1) is 13.8 Å². The zero-order valence-electron chi connectivity index (χ0n) is 14.1. The Labute approximate surface area is 129 Å². The van der Waals surface area contributed by atoms with Crippen molar-refractivity contribution in [3.8, 4) is 0 Å². The first-order valence-electron chi connectivity index (χ1n) is 8.22. The van der Waals surface area contributed by atoms with E-state index < -0.39 is 0 Å². The molecule has 1 fully saturated rings. The Morgan fingerprint density at radius 1 is 1.05 bits per heavy atom. The second-order valence-corrected chi connectivity index (χ2v) is 6.86. The largest absolute Gasteiger partial charge is 0.302 e. The molecule has 1 saturated carbocycles. The van der Waals surface area contributed by atoms with Gasteiger partial charge in [-0.1, -0.05) is 43.9 Å². The minimum Gasteiger partial charge on any atom is -0.302 e. The van der Waals surface area contributed by atoms with Crippen molar-refractivity contribution in [2.75, 3.05) is 14.1 Å². The number of rotatable bonds is 4. The van der Waals surface area contributed by atoms with E-state index >= 15 is 0 Å². The van der Waals surface area contributed by atoms with Crippen LogP contribution in [0.3, 0.4) is 0 Å². The SMILES string of the molecule is Cc1ccc(C(NN)C2(N(C)C)CCCCCC2)cc1C. The summed E-state index contributed by atoms with van der Waals surface area (Å²) < 4.78 is 0. The van der Waals surface area contributed by atoms with Crippen molar-refractivity contribution in [3.63, 3.8) is 0 Å². The molecule has 3 N–H and O–H groups in total. The first kappa shape index (κ1) is 16.5. The van der Waals surface area contributed by atoms with E-state index in [1.165, 1.54) is 55.2 Å². The van der Waals surface area contributed by atoms with Crippen molar-refractivity contribution >= 4 is 0 Å². The molecule has 3 nitrogen and oxygen atoms in total. The van der Waals surface area contributed by atoms with E-state index in [4.69, 9.17) is 5.84 Å². The predicted molar refractivity (Wildman–Crippen MR) is 90.1 cm³/mol. The summed E-state index contributed by atoms with van der Waals surface area (Å²) in [4.78, 5) is 2.40. The molecular formula is C18H31N3. The van der Waals surface area contributed by atoms with Crippen LogP contribution in [0.15, 0.2) is 18.2 Å². The third-order valence-electron chi connectivity index (χ3n) is 5.43. The molecule has 1 aromatic rings. The number of hydrogen-bond acceptors (Lipinski definition) is 3. The summed E-state index contributed by atoms with van der Waals surface area (Å²) in [6.07, 6.45) is 7.70. The first-order chi connectivity index (χ1) is 10.0. The maximum Gasteiger partial charge on any atom is 0.0643 e. The summed E-state index contributed by atoms with van der Waals surface area (Å²) in [6.45, 7) is 4.35. The van der Waals surface area contributed by atoms with Crippen LogP contribution in [0.5, 0.6) is 0 Å². The molecule has 0 aromatic heterocycles. The Morgan fingerprint density at radius 3 is 2.14 bits per heavy atom. The number of nitrogens with zero attached hydrogens (tertiary/aromatic N) is 1. The molecule has 1 unspecified atom stereocenters. The van der Waals surface area contributed by atoms with Crippen molar-refractivity contribution < 1.29 is 0 Å². The number of hydrogen-bond donors (Lipinski definition) is 2. The molecule has 1 aliphatic rings. The summed E-state index contributed by atoms with van der Waals surface area (Å²) in [5.74, 6) is 6.02. The highest BCUT2D eigenvalue weighted by atomic mass is 15.3. The van der Waals surface area contributed by atoms with Crippen LogP contribution < -0.4 is 11.3 Å². The van der Waals surface area contributed by atoms with Crippen molar-refractivity contribution in [1.29, 1.82) is 0 Å². The van der Waals surface area contributed by atoms with Gasteiger partial charge in [0, 0.05) is 5.54 Å². The van der Waals surface area contributed by atoms with Gasteiger partial charge >= 0.3 is 0 Å². The molecular weight excluding hydrogens is 258 g/mol. The first-order valence-corrected chi connectivity index (χ1v) is 8.22. The molecule has 0 spiro atoms. The summed E-state index contributed by atoms with van der Waals surface area (Å²) in [5, 5.41) is 0. The van der Waals surface area contributed by atoms with Gasteiger partial charge in [-0.25, -0.2) is 0 Å². The van der Waals surface area contributed by atoms with Gasteiger partial charge in [0.1, 0.15) is 0 Å². The lowest BCUT2D eigenvalue weighted by Gasteiger charge is -2.46. The number of hydrazine groups is 1. The standard InChI is InChI=1S/C18H31N3/c1-14-9-10-16(13-15(14)2)17(20-19)18(21(3)4)11-7-5-6-8-12-18/h9-10,13,17,20H,5-8,11-12,19H2,1-4H3. The lowest BCUT2D eigenvalue weighted by atomic mass is 9.78. The zero-order valence-corrected chi connectivity index (χ0v) is 14.1. The number of nitrogens with two attached hydrogens (primary N) is 1. The fourth-order valence-corrected chi connectivity index (χ4v) is 3.84. The molecule has 21 heavy (non-hydrogen) atoms. The van der Waals surface area contributed by atoms with Crippen LogP contribution in [0.4, 0.5) is 0 Å². The fraction of sp³-hybridized carbons (Fsp3) is 0.667. The molecule has 0 aliphatic heterocycles. The smallest absolute Gasteiger partial charge is 0.0643 e. The molecule has 2 rings (SSSR count). The fourth-order valence-electron chi connectivity index (χ4n) is 3.84. The Morgan fingerprint density at radius 2 is 1.67 bits per heavy atom. The van der Waals surface area contributed by atoms with Gasteiger partial charge in [0.05, 0.1) is 6.04 Å². The Balaban J connectivity index is 2.41. The van der Waals surface area contributed by atoms with E-state index in [9.17, 15) is 0 Å². The highest BCUT2D eigenvalue weighted by molar-refractivity contribution is 5.33. The monoisotopic (exact) mass is 289 g/mol. The topological polar surface area (TPSA) is 41.3 Å². The van der Waals surface area contributed by atoms with Gasteiger partial charge in [0.25, 0.3) is 0 Å². The van der Waals surface area contributed by atoms with Gasteiger partial charge in [0.2, 0.25) is 0 Å². The van der Waals surface area contributed by atoms with Gasteiger partial charge in [-0.05, 0) is 57.5 Å². The highest BCUT2D eigenvalue weighted by Gasteiger charge is 2.41. The maximum atomic E-state index is 6.02. The third-order valence-corrected chi connectivity index (χ3v) is 5.43. The Bertz CT molecular complexity index is 460. The van der Waals surface area contributed by atoms with Crippen molar-refractivity contribution in [2.45, 2.75) is 64.0 Å². The van der Waals surface area contributed by atoms with Crippen molar-refractivity contribution in [2.24, 2.45) is 5.84 Å². The van der Waals surface area contributed by atoms with Gasteiger partial charge in [-0.2, -0.15) is 0 Å². The molecule has 1 aliphatic carbocycles. The molecule has 0 amide bonds. The van der Waals surface area contributed by atoms with E-state index in [0.717, 1.165) is 0 Å². The van der Waals surface area contributed by atoms with Crippen LogP contribution in [0.2, 0.25) is 0 Å². The minimum atomic E-state index is 0.118. The highest BCUT2D eigenvalue weighted by Crippen LogP contribution is 2.41. The lowest BCUT2D eigenvalue weighted by Crippen LogP contribution is -2.55. The zero-order chi connectivity index (χ0) is 15.5. The Hall–Kier alpha value is -0.900. The van der Waals surface area contributed by atoms with Crippen LogP contribution >= 0.6 is 0 Å². The van der Waals surface area contributed by atoms with Gasteiger partial charge in [-0.3, -0.25) is 11.3 Å². The molecule has 3 heteroatoms. The summed E-state index contributed by atoms with van der Waals surface area (Å²) >= 11 is 0. The second kappa shape index (κ2) is 6.91. The van der Waals surface area contributed by atoms with Crippen molar-refractivity contribution in [1.82, 2.24) is 10.3 Å². The molecule has 1 aromatic carbocycles. The molecule has 0 heterocycles. The molecule has 0 saturated heterocycles. The average Bonchev–Trinajstić information content (AvgIpc) is 2.70. The minimum absolute atomic E-state index is 0.118. The van der Waals surface area contributed by atoms with Crippen molar-refractivity contribution in [3.05, 3.63) is 34.9 Å². The van der Waals surface area contributed by atoms with E-state index in [-0.39, 0.29) is 11.6 Å². The molecule has 1 atom stereocenters. The Kier molecular flexibility index (Phi) is 5.42.